The van der Waals surface area contributed by atoms with Gasteiger partial charge >= 0.3 is 0 Å². The van der Waals surface area contributed by atoms with Crippen LogP contribution in [0.4, 0.5) is 0 Å². The monoisotopic (exact) mass is 282 g/mol. The third kappa shape index (κ3) is 1.64. The molecule has 0 radical (unpaired) electrons. The first-order valence-electron chi connectivity index (χ1n) is 6.26. The van der Waals surface area contributed by atoms with Crippen LogP contribution in [0.2, 0.25) is 0 Å². The fourth-order valence-corrected chi connectivity index (χ4v) is 4.79. The molecule has 0 aromatic carbocycles. The molecule has 3 unspecified atom stereocenters. The summed E-state index contributed by atoms with van der Waals surface area (Å²) in [6.07, 6.45) is 9.04. The summed E-state index contributed by atoms with van der Waals surface area (Å²) in [5, 5.41) is 5.70. The number of alkyl halides is 1. The topological polar surface area (TPSA) is 17.8 Å². The van der Waals surface area contributed by atoms with Crippen molar-refractivity contribution in [1.82, 2.24) is 9.78 Å². The highest BCUT2D eigenvalue weighted by Gasteiger charge is 2.50. The predicted octanol–water partition coefficient (Wildman–Crippen LogP) is 3.16. The van der Waals surface area contributed by atoms with Crippen molar-refractivity contribution < 1.29 is 0 Å². The maximum Gasteiger partial charge on any atom is 0.0630 e. The van der Waals surface area contributed by atoms with Crippen LogP contribution in [0, 0.1) is 17.3 Å². The lowest BCUT2D eigenvalue weighted by molar-refractivity contribution is 0.195. The molecule has 0 amide bonds. The zero-order valence-corrected chi connectivity index (χ0v) is 11.4. The molecule has 88 valence electrons. The summed E-state index contributed by atoms with van der Waals surface area (Å²) < 4.78 is 1.92. The molecule has 1 aromatic heterocycles. The number of aromatic nitrogens is 2. The van der Waals surface area contributed by atoms with E-state index in [1.165, 1.54) is 37.8 Å². The molecule has 0 saturated heterocycles. The Morgan fingerprint density at radius 3 is 2.94 bits per heavy atom. The number of hydrogen-bond donors (Lipinski definition) is 0. The van der Waals surface area contributed by atoms with Crippen LogP contribution in [0.3, 0.4) is 0 Å². The number of aryl methyl sites for hydroxylation is 1. The molecule has 3 atom stereocenters. The van der Waals surface area contributed by atoms with Crippen molar-refractivity contribution in [3.63, 3.8) is 0 Å². The molecule has 2 bridgehead atoms. The van der Waals surface area contributed by atoms with Gasteiger partial charge in [-0.05, 0) is 49.0 Å². The minimum Gasteiger partial charge on any atom is -0.276 e. The Balaban J connectivity index is 1.81. The van der Waals surface area contributed by atoms with Crippen LogP contribution < -0.4 is 0 Å². The molecule has 3 heteroatoms. The summed E-state index contributed by atoms with van der Waals surface area (Å²) in [7, 11) is 2.01. The first kappa shape index (κ1) is 10.8. The summed E-state index contributed by atoms with van der Waals surface area (Å²) in [5.41, 5.74) is 1.78. The number of hydrogen-bond acceptors (Lipinski definition) is 1. The number of rotatable bonds is 3. The van der Waals surface area contributed by atoms with E-state index in [4.69, 9.17) is 0 Å². The van der Waals surface area contributed by atoms with Crippen molar-refractivity contribution in [2.24, 2.45) is 24.3 Å². The van der Waals surface area contributed by atoms with Crippen molar-refractivity contribution >= 4 is 15.9 Å². The van der Waals surface area contributed by atoms with Gasteiger partial charge < -0.3 is 0 Å². The smallest absolute Gasteiger partial charge is 0.0630 e. The molecule has 2 aliphatic rings. The van der Waals surface area contributed by atoms with Gasteiger partial charge in [0.15, 0.2) is 0 Å². The Morgan fingerprint density at radius 2 is 2.44 bits per heavy atom. The first-order valence-corrected chi connectivity index (χ1v) is 7.38. The van der Waals surface area contributed by atoms with E-state index in [1.807, 2.05) is 11.7 Å². The maximum atomic E-state index is 4.55. The van der Waals surface area contributed by atoms with Crippen LogP contribution in [-0.2, 0) is 13.5 Å². The number of nitrogens with zero attached hydrogens (tertiary/aromatic N) is 2. The van der Waals surface area contributed by atoms with E-state index in [-0.39, 0.29) is 0 Å². The molecule has 0 aliphatic heterocycles. The van der Waals surface area contributed by atoms with Crippen LogP contribution >= 0.6 is 15.9 Å². The Kier molecular flexibility index (Phi) is 2.61. The van der Waals surface area contributed by atoms with Crippen molar-refractivity contribution in [2.75, 3.05) is 5.33 Å². The number of fused-ring (bicyclic) bond motifs is 2. The van der Waals surface area contributed by atoms with E-state index in [1.54, 1.807) is 0 Å². The largest absolute Gasteiger partial charge is 0.276 e. The third-order valence-electron chi connectivity index (χ3n) is 4.67. The van der Waals surface area contributed by atoms with E-state index in [2.05, 4.69) is 33.3 Å². The van der Waals surface area contributed by atoms with Gasteiger partial charge in [0, 0.05) is 18.6 Å². The summed E-state index contributed by atoms with van der Waals surface area (Å²) in [4.78, 5) is 0. The zero-order chi connectivity index (χ0) is 11.2. The Bertz CT molecular complexity index is 387. The van der Waals surface area contributed by atoms with E-state index >= 15 is 0 Å². The Morgan fingerprint density at radius 1 is 1.56 bits per heavy atom. The molecule has 0 N–H and O–H groups in total. The van der Waals surface area contributed by atoms with Crippen molar-refractivity contribution in [3.8, 4) is 0 Å². The van der Waals surface area contributed by atoms with Crippen molar-refractivity contribution in [2.45, 2.75) is 32.1 Å². The molecular formula is C13H19BrN2. The predicted molar refractivity (Wildman–Crippen MR) is 68.6 cm³/mol. The minimum absolute atomic E-state index is 0.511. The molecular weight excluding hydrogens is 264 g/mol. The quantitative estimate of drug-likeness (QED) is 0.779. The van der Waals surface area contributed by atoms with Gasteiger partial charge in [0.1, 0.15) is 0 Å². The minimum atomic E-state index is 0.511. The summed E-state index contributed by atoms with van der Waals surface area (Å²) in [6.45, 7) is 0. The van der Waals surface area contributed by atoms with Crippen LogP contribution in [0.15, 0.2) is 12.3 Å². The molecule has 2 saturated carbocycles. The average molecular weight is 283 g/mol. The highest BCUT2D eigenvalue weighted by Crippen LogP contribution is 2.57. The molecule has 16 heavy (non-hydrogen) atoms. The summed E-state index contributed by atoms with van der Waals surface area (Å²) in [5.74, 6) is 1.95. The van der Waals surface area contributed by atoms with Gasteiger partial charge in [-0.1, -0.05) is 22.4 Å². The number of halogens is 1. The second-order valence-corrected chi connectivity index (χ2v) is 6.29. The van der Waals surface area contributed by atoms with Gasteiger partial charge in [-0.25, -0.2) is 0 Å². The van der Waals surface area contributed by atoms with Crippen LogP contribution in [-0.4, -0.2) is 15.1 Å². The van der Waals surface area contributed by atoms with Gasteiger partial charge in [-0.3, -0.25) is 4.68 Å². The molecule has 0 spiro atoms. The van der Waals surface area contributed by atoms with Crippen LogP contribution in [0.1, 0.15) is 31.4 Å². The van der Waals surface area contributed by atoms with Gasteiger partial charge in [0.25, 0.3) is 0 Å². The van der Waals surface area contributed by atoms with Gasteiger partial charge in [-0.2, -0.15) is 5.10 Å². The lowest BCUT2D eigenvalue weighted by Crippen LogP contribution is -2.32. The molecule has 1 aromatic rings. The standard InChI is InChI=1S/C13H19BrN2/c1-16-5-4-12(15-16)8-13(9-14)7-10-2-3-11(13)6-10/h4-5,10-11H,2-3,6-9H2,1H3. The van der Waals surface area contributed by atoms with E-state index in [9.17, 15) is 0 Å². The lowest BCUT2D eigenvalue weighted by atomic mass is 9.72. The Labute approximate surface area is 106 Å². The van der Waals surface area contributed by atoms with Gasteiger partial charge in [0.05, 0.1) is 5.69 Å². The molecule has 3 rings (SSSR count). The average Bonchev–Trinajstić information content (AvgIpc) is 2.94. The first-order chi connectivity index (χ1) is 7.72. The Hall–Kier alpha value is -0.310. The highest BCUT2D eigenvalue weighted by atomic mass is 79.9. The molecule has 2 aliphatic carbocycles. The highest BCUT2D eigenvalue weighted by molar-refractivity contribution is 9.09. The second-order valence-electron chi connectivity index (χ2n) is 5.73. The normalized spacial score (nSPS) is 37.1. The zero-order valence-electron chi connectivity index (χ0n) is 9.82. The fourth-order valence-electron chi connectivity index (χ4n) is 3.90. The summed E-state index contributed by atoms with van der Waals surface area (Å²) in [6, 6.07) is 2.18. The van der Waals surface area contributed by atoms with Crippen LogP contribution in [0.25, 0.3) is 0 Å². The van der Waals surface area contributed by atoms with E-state index in [0.717, 1.165) is 17.2 Å². The van der Waals surface area contributed by atoms with Crippen molar-refractivity contribution in [1.29, 1.82) is 0 Å². The third-order valence-corrected chi connectivity index (χ3v) is 5.79. The summed E-state index contributed by atoms with van der Waals surface area (Å²) >= 11 is 3.76. The van der Waals surface area contributed by atoms with E-state index < -0.39 is 0 Å². The van der Waals surface area contributed by atoms with Crippen molar-refractivity contribution in [3.05, 3.63) is 18.0 Å². The molecule has 2 nitrogen and oxygen atoms in total. The lowest BCUT2D eigenvalue weighted by Gasteiger charge is -2.35. The van der Waals surface area contributed by atoms with Crippen LogP contribution in [0.5, 0.6) is 0 Å². The molecule has 2 fully saturated rings. The van der Waals surface area contributed by atoms with Gasteiger partial charge in [0.2, 0.25) is 0 Å². The second kappa shape index (κ2) is 3.86. The SMILES string of the molecule is Cn1ccc(CC2(CBr)CC3CCC2C3)n1. The maximum absolute atomic E-state index is 4.55. The van der Waals surface area contributed by atoms with E-state index in [0.29, 0.717) is 5.41 Å². The molecule has 1 heterocycles. The fraction of sp³-hybridized carbons (Fsp3) is 0.769. The van der Waals surface area contributed by atoms with Gasteiger partial charge in [-0.15, -0.1) is 0 Å².